The molecule has 140 valence electrons. The molecular formula is C17H14F4O4S. The Labute approximate surface area is 147 Å². The van der Waals surface area contributed by atoms with Gasteiger partial charge in [0.05, 0.1) is 0 Å². The third-order valence-corrected chi connectivity index (χ3v) is 4.59. The molecule has 0 aromatic heterocycles. The van der Waals surface area contributed by atoms with Crippen LogP contribution in [0.4, 0.5) is 17.6 Å². The van der Waals surface area contributed by atoms with Gasteiger partial charge in [-0.15, -0.1) is 0 Å². The lowest BCUT2D eigenvalue weighted by Crippen LogP contribution is -2.19. The van der Waals surface area contributed by atoms with Crippen molar-refractivity contribution in [1.82, 2.24) is 0 Å². The zero-order valence-electron chi connectivity index (χ0n) is 13.4. The van der Waals surface area contributed by atoms with Crippen molar-refractivity contribution in [2.45, 2.75) is 24.1 Å². The maximum absolute atomic E-state index is 13.8. The number of benzene rings is 2. The molecule has 1 unspecified atom stereocenters. The minimum absolute atomic E-state index is 0.166. The van der Waals surface area contributed by atoms with Gasteiger partial charge in [-0.05, 0) is 24.6 Å². The van der Waals surface area contributed by atoms with Crippen molar-refractivity contribution in [3.63, 3.8) is 0 Å². The SMILES string of the molecule is Cc1ccc(S(=O)(=O)O/C(=C(\F)C(F)(F)F)C(O)c2ccccc2)cc1. The Hall–Kier alpha value is -2.39. The highest BCUT2D eigenvalue weighted by Crippen LogP contribution is 2.37. The molecule has 2 aromatic carbocycles. The smallest absolute Gasteiger partial charge is 0.380 e. The molecule has 0 aliphatic heterocycles. The summed E-state index contributed by atoms with van der Waals surface area (Å²) in [5.74, 6) is -4.58. The van der Waals surface area contributed by atoms with E-state index in [-0.39, 0.29) is 5.56 Å². The molecule has 0 aliphatic rings. The second kappa shape index (κ2) is 7.46. The summed E-state index contributed by atoms with van der Waals surface area (Å²) >= 11 is 0. The van der Waals surface area contributed by atoms with Crippen LogP contribution in [0.5, 0.6) is 0 Å². The van der Waals surface area contributed by atoms with Crippen molar-refractivity contribution in [1.29, 1.82) is 0 Å². The highest BCUT2D eigenvalue weighted by atomic mass is 32.2. The molecule has 1 atom stereocenters. The number of aliphatic hydroxyl groups is 1. The Kier molecular flexibility index (Phi) is 5.72. The van der Waals surface area contributed by atoms with E-state index in [1.54, 1.807) is 6.92 Å². The lowest BCUT2D eigenvalue weighted by atomic mass is 10.1. The van der Waals surface area contributed by atoms with E-state index in [0.717, 1.165) is 12.1 Å². The fourth-order valence-electron chi connectivity index (χ4n) is 2.00. The molecule has 0 saturated heterocycles. The van der Waals surface area contributed by atoms with Gasteiger partial charge in [0.1, 0.15) is 11.0 Å². The van der Waals surface area contributed by atoms with Crippen LogP contribution in [0.1, 0.15) is 17.2 Å². The number of aryl methyl sites for hydroxylation is 1. The molecule has 0 amide bonds. The van der Waals surface area contributed by atoms with Crippen LogP contribution >= 0.6 is 0 Å². The summed E-state index contributed by atoms with van der Waals surface area (Å²) in [4.78, 5) is -0.476. The number of hydrogen-bond acceptors (Lipinski definition) is 4. The van der Waals surface area contributed by atoms with Crippen molar-refractivity contribution in [2.24, 2.45) is 0 Å². The second-order valence-electron chi connectivity index (χ2n) is 5.34. The molecule has 2 rings (SSSR count). The van der Waals surface area contributed by atoms with Gasteiger partial charge in [-0.2, -0.15) is 26.0 Å². The number of halogens is 4. The van der Waals surface area contributed by atoms with Gasteiger partial charge in [-0.3, -0.25) is 0 Å². The number of aliphatic hydroxyl groups excluding tert-OH is 1. The van der Waals surface area contributed by atoms with Crippen LogP contribution in [0.15, 0.2) is 71.1 Å². The Morgan fingerprint density at radius 1 is 1.04 bits per heavy atom. The Morgan fingerprint density at radius 2 is 1.58 bits per heavy atom. The fraction of sp³-hybridized carbons (Fsp3) is 0.176. The maximum Gasteiger partial charge on any atom is 0.446 e. The van der Waals surface area contributed by atoms with Gasteiger partial charge >= 0.3 is 16.3 Å². The van der Waals surface area contributed by atoms with E-state index >= 15 is 0 Å². The van der Waals surface area contributed by atoms with Crippen LogP contribution < -0.4 is 0 Å². The van der Waals surface area contributed by atoms with Gasteiger partial charge in [-0.25, -0.2) is 0 Å². The van der Waals surface area contributed by atoms with Crippen LogP contribution in [-0.2, 0) is 14.3 Å². The van der Waals surface area contributed by atoms with Crippen LogP contribution in [0, 0.1) is 6.92 Å². The largest absolute Gasteiger partial charge is 0.446 e. The summed E-state index contributed by atoms with van der Waals surface area (Å²) in [6.45, 7) is 1.67. The van der Waals surface area contributed by atoms with Crippen molar-refractivity contribution in [3.05, 3.63) is 77.3 Å². The molecule has 0 aliphatic carbocycles. The second-order valence-corrected chi connectivity index (χ2v) is 6.89. The molecule has 0 saturated carbocycles. The molecule has 1 N–H and O–H groups in total. The molecule has 0 bridgehead atoms. The van der Waals surface area contributed by atoms with E-state index in [1.165, 1.54) is 42.5 Å². The van der Waals surface area contributed by atoms with Crippen molar-refractivity contribution < 1.29 is 35.3 Å². The Morgan fingerprint density at radius 3 is 2.08 bits per heavy atom. The standard InChI is InChI=1S/C17H14F4O4S/c1-11-7-9-13(10-8-11)26(23,24)25-15(16(18)17(19,20)21)14(22)12-5-3-2-4-6-12/h2-10,14,22H,1H3/b16-15-. The number of allylic oxidation sites excluding steroid dienone is 1. The summed E-state index contributed by atoms with van der Waals surface area (Å²) in [6, 6.07) is 11.7. The van der Waals surface area contributed by atoms with Crippen LogP contribution in [0.3, 0.4) is 0 Å². The first-order chi connectivity index (χ1) is 12.0. The molecule has 0 spiro atoms. The molecule has 0 fully saturated rings. The van der Waals surface area contributed by atoms with E-state index in [2.05, 4.69) is 4.18 Å². The molecule has 0 radical (unpaired) electrons. The minimum Gasteiger partial charge on any atom is -0.380 e. The zero-order chi connectivity index (χ0) is 19.5. The van der Waals surface area contributed by atoms with E-state index in [9.17, 15) is 31.1 Å². The fourth-order valence-corrected chi connectivity index (χ4v) is 2.97. The predicted molar refractivity (Wildman–Crippen MR) is 85.0 cm³/mol. The topological polar surface area (TPSA) is 63.6 Å². The van der Waals surface area contributed by atoms with Gasteiger partial charge in [-0.1, -0.05) is 48.0 Å². The predicted octanol–water partition coefficient (Wildman–Crippen LogP) is 4.18. The van der Waals surface area contributed by atoms with Crippen molar-refractivity contribution in [2.75, 3.05) is 0 Å². The highest BCUT2D eigenvalue weighted by Gasteiger charge is 2.42. The van der Waals surface area contributed by atoms with Gasteiger partial charge in [0.25, 0.3) is 0 Å². The Balaban J connectivity index is 2.50. The quantitative estimate of drug-likeness (QED) is 0.473. The summed E-state index contributed by atoms with van der Waals surface area (Å²) in [5.41, 5.74) is 0.534. The van der Waals surface area contributed by atoms with Gasteiger partial charge in [0.2, 0.25) is 5.83 Å². The third-order valence-electron chi connectivity index (χ3n) is 3.34. The minimum atomic E-state index is -5.53. The van der Waals surface area contributed by atoms with Crippen molar-refractivity contribution >= 4 is 10.1 Å². The summed E-state index contributed by atoms with van der Waals surface area (Å²) < 4.78 is 81.0. The first-order valence-corrected chi connectivity index (χ1v) is 8.64. The lowest BCUT2D eigenvalue weighted by Gasteiger charge is -2.18. The van der Waals surface area contributed by atoms with Gasteiger partial charge in [0, 0.05) is 0 Å². The highest BCUT2D eigenvalue weighted by molar-refractivity contribution is 7.86. The van der Waals surface area contributed by atoms with E-state index in [1.807, 2.05) is 0 Å². The van der Waals surface area contributed by atoms with E-state index < -0.39 is 38.9 Å². The monoisotopic (exact) mass is 390 g/mol. The molecule has 4 nitrogen and oxygen atoms in total. The van der Waals surface area contributed by atoms with Crippen molar-refractivity contribution in [3.8, 4) is 0 Å². The number of alkyl halides is 3. The summed E-state index contributed by atoms with van der Waals surface area (Å²) in [6.07, 6.45) is -7.80. The average molecular weight is 390 g/mol. The zero-order valence-corrected chi connectivity index (χ0v) is 14.2. The van der Waals surface area contributed by atoms with Crippen LogP contribution in [0.2, 0.25) is 0 Å². The normalized spacial score (nSPS) is 14.5. The number of rotatable bonds is 5. The molecule has 26 heavy (non-hydrogen) atoms. The Bertz CT molecular complexity index is 889. The average Bonchev–Trinajstić information content (AvgIpc) is 2.59. The first kappa shape index (κ1) is 19.9. The lowest BCUT2D eigenvalue weighted by molar-refractivity contribution is -0.113. The van der Waals surface area contributed by atoms with Gasteiger partial charge < -0.3 is 9.29 Å². The summed E-state index contributed by atoms with van der Waals surface area (Å²) in [7, 11) is -4.79. The molecule has 9 heteroatoms. The number of hydrogen-bond donors (Lipinski definition) is 1. The third kappa shape index (κ3) is 4.61. The van der Waals surface area contributed by atoms with Crippen LogP contribution in [0.25, 0.3) is 0 Å². The van der Waals surface area contributed by atoms with E-state index in [0.29, 0.717) is 5.56 Å². The molecule has 0 heterocycles. The van der Waals surface area contributed by atoms with E-state index in [4.69, 9.17) is 0 Å². The van der Waals surface area contributed by atoms with Crippen LogP contribution in [-0.4, -0.2) is 19.7 Å². The first-order valence-electron chi connectivity index (χ1n) is 7.23. The van der Waals surface area contributed by atoms with Gasteiger partial charge in [0.15, 0.2) is 5.76 Å². The molecule has 2 aromatic rings. The maximum atomic E-state index is 13.8. The summed E-state index contributed by atoms with van der Waals surface area (Å²) in [5, 5.41) is 10.1. The molecular weight excluding hydrogens is 376 g/mol.